The molecule has 3 heterocycles. The molecule has 1 fully saturated rings. The van der Waals surface area contributed by atoms with E-state index in [9.17, 15) is 14.7 Å². The summed E-state index contributed by atoms with van der Waals surface area (Å²) in [5, 5.41) is 17.3. The number of carbonyl (C=O) groups excluding carboxylic acids is 1. The number of aromatic amines is 1. The molecule has 0 spiro atoms. The third-order valence-electron chi connectivity index (χ3n) is 4.18. The van der Waals surface area contributed by atoms with Crippen LogP contribution in [0.5, 0.6) is 0 Å². The van der Waals surface area contributed by atoms with E-state index in [1.165, 1.54) is 9.96 Å². The molecule has 1 aromatic heterocycles. The first-order valence-corrected chi connectivity index (χ1v) is 7.19. The number of amides is 2. The molecule has 4 rings (SSSR count). The second-order valence-corrected chi connectivity index (χ2v) is 5.52. The third kappa shape index (κ3) is 2.07. The van der Waals surface area contributed by atoms with Crippen molar-refractivity contribution in [3.05, 3.63) is 53.3 Å². The van der Waals surface area contributed by atoms with Crippen LogP contribution in [0.25, 0.3) is 0 Å². The van der Waals surface area contributed by atoms with E-state index < -0.39 is 18.0 Å². The van der Waals surface area contributed by atoms with Crippen LogP contribution in [-0.4, -0.2) is 43.8 Å². The number of carboxylic acid groups (broad SMARTS) is 1. The molecule has 2 bridgehead atoms. The Morgan fingerprint density at radius 2 is 2.17 bits per heavy atom. The number of aromatic nitrogens is 2. The van der Waals surface area contributed by atoms with Crippen molar-refractivity contribution in [1.29, 1.82) is 0 Å². The fourth-order valence-corrected chi connectivity index (χ4v) is 3.11. The predicted molar refractivity (Wildman–Crippen MR) is 76.9 cm³/mol. The highest BCUT2D eigenvalue weighted by Gasteiger charge is 2.52. The average Bonchev–Trinajstić information content (AvgIpc) is 3.13. The van der Waals surface area contributed by atoms with Gasteiger partial charge in [0, 0.05) is 5.56 Å². The van der Waals surface area contributed by atoms with E-state index in [2.05, 4.69) is 10.2 Å². The van der Waals surface area contributed by atoms with Crippen molar-refractivity contribution in [3.63, 3.8) is 0 Å². The molecule has 1 saturated heterocycles. The van der Waals surface area contributed by atoms with Crippen molar-refractivity contribution in [1.82, 2.24) is 20.2 Å². The number of hydrogen-bond donors (Lipinski definition) is 2. The SMILES string of the molecule is O=C(O)[C@@H]1c2[nH]ncc2[C@H]2CN1C(=O)N2OCc1ccccc1. The summed E-state index contributed by atoms with van der Waals surface area (Å²) < 4.78 is 0. The smallest absolute Gasteiger partial charge is 0.345 e. The Morgan fingerprint density at radius 1 is 1.39 bits per heavy atom. The topological polar surface area (TPSA) is 98.8 Å². The van der Waals surface area contributed by atoms with Gasteiger partial charge in [0.05, 0.1) is 18.4 Å². The maximum absolute atomic E-state index is 12.5. The van der Waals surface area contributed by atoms with Crippen LogP contribution in [0.15, 0.2) is 36.5 Å². The van der Waals surface area contributed by atoms with E-state index in [4.69, 9.17) is 4.84 Å². The second kappa shape index (κ2) is 5.10. The van der Waals surface area contributed by atoms with Gasteiger partial charge < -0.3 is 10.0 Å². The van der Waals surface area contributed by atoms with E-state index in [1.54, 1.807) is 6.20 Å². The Labute approximate surface area is 131 Å². The minimum Gasteiger partial charge on any atom is -0.479 e. The maximum Gasteiger partial charge on any atom is 0.345 e. The average molecular weight is 314 g/mol. The van der Waals surface area contributed by atoms with Gasteiger partial charge in [0.1, 0.15) is 12.6 Å². The monoisotopic (exact) mass is 314 g/mol. The number of hydrogen-bond acceptors (Lipinski definition) is 4. The molecular weight excluding hydrogens is 300 g/mol. The molecule has 0 radical (unpaired) electrons. The molecule has 1 aromatic carbocycles. The number of fused-ring (bicyclic) bond motifs is 4. The molecule has 2 aliphatic heterocycles. The molecule has 2 aliphatic rings. The number of rotatable bonds is 4. The molecule has 2 N–H and O–H groups in total. The number of carboxylic acids is 1. The van der Waals surface area contributed by atoms with Gasteiger partial charge in [-0.2, -0.15) is 10.2 Å². The van der Waals surface area contributed by atoms with Gasteiger partial charge in [-0.25, -0.2) is 9.59 Å². The molecule has 8 heteroatoms. The fraction of sp³-hybridized carbons (Fsp3) is 0.267. The van der Waals surface area contributed by atoms with E-state index in [-0.39, 0.29) is 19.2 Å². The minimum atomic E-state index is -1.09. The van der Waals surface area contributed by atoms with Crippen LogP contribution in [-0.2, 0) is 16.2 Å². The Kier molecular flexibility index (Phi) is 3.05. The first-order valence-electron chi connectivity index (χ1n) is 7.19. The highest BCUT2D eigenvalue weighted by molar-refractivity contribution is 5.86. The lowest BCUT2D eigenvalue weighted by molar-refractivity contribution is -0.143. The van der Waals surface area contributed by atoms with Gasteiger partial charge >= 0.3 is 12.0 Å². The summed E-state index contributed by atoms with van der Waals surface area (Å²) in [6, 6.07) is 7.63. The quantitative estimate of drug-likeness (QED) is 0.890. The Morgan fingerprint density at radius 3 is 2.91 bits per heavy atom. The fourth-order valence-electron chi connectivity index (χ4n) is 3.11. The van der Waals surface area contributed by atoms with Gasteiger partial charge in [-0.1, -0.05) is 30.3 Å². The molecule has 23 heavy (non-hydrogen) atoms. The molecular formula is C15H14N4O4. The standard InChI is InChI=1S/C15H14N4O4/c20-14(21)13-12-10(6-16-17-12)11-7-18(13)15(22)19(11)23-8-9-4-2-1-3-5-9/h1-6,11,13H,7-8H2,(H,16,17)(H,20,21)/t11-,13+/m1/s1. The molecule has 8 nitrogen and oxygen atoms in total. The van der Waals surface area contributed by atoms with Gasteiger partial charge in [0.2, 0.25) is 0 Å². The predicted octanol–water partition coefficient (Wildman–Crippen LogP) is 1.46. The Hall–Kier alpha value is -2.87. The summed E-state index contributed by atoms with van der Waals surface area (Å²) in [5.74, 6) is -1.09. The number of H-pyrrole nitrogens is 1. The Bertz CT molecular complexity index is 760. The number of hydroxylamine groups is 2. The van der Waals surface area contributed by atoms with Crippen LogP contribution in [0.2, 0.25) is 0 Å². The highest BCUT2D eigenvalue weighted by Crippen LogP contribution is 2.43. The zero-order valence-corrected chi connectivity index (χ0v) is 12.0. The lowest BCUT2D eigenvalue weighted by atomic mass is 9.98. The maximum atomic E-state index is 12.5. The molecule has 118 valence electrons. The zero-order valence-electron chi connectivity index (χ0n) is 12.0. The summed E-state index contributed by atoms with van der Waals surface area (Å²) >= 11 is 0. The van der Waals surface area contributed by atoms with Crippen molar-refractivity contribution < 1.29 is 19.5 Å². The second-order valence-electron chi connectivity index (χ2n) is 5.52. The first kappa shape index (κ1) is 13.8. The lowest BCUT2D eigenvalue weighted by Crippen LogP contribution is -2.38. The van der Waals surface area contributed by atoms with Crippen molar-refractivity contribution in [2.75, 3.05) is 6.54 Å². The van der Waals surface area contributed by atoms with Crippen molar-refractivity contribution >= 4 is 12.0 Å². The summed E-state index contributed by atoms with van der Waals surface area (Å²) in [7, 11) is 0. The van der Waals surface area contributed by atoms with Gasteiger partial charge in [0.15, 0.2) is 6.04 Å². The summed E-state index contributed by atoms with van der Waals surface area (Å²) in [4.78, 5) is 31.0. The number of aliphatic carboxylic acids is 1. The number of urea groups is 1. The largest absolute Gasteiger partial charge is 0.479 e. The van der Waals surface area contributed by atoms with Crippen LogP contribution in [0.1, 0.15) is 28.9 Å². The van der Waals surface area contributed by atoms with Crippen LogP contribution in [0.4, 0.5) is 4.79 Å². The lowest BCUT2D eigenvalue weighted by Gasteiger charge is -2.26. The van der Waals surface area contributed by atoms with Gasteiger partial charge in [-0.15, -0.1) is 0 Å². The molecule has 2 aromatic rings. The number of nitrogens with zero attached hydrogens (tertiary/aromatic N) is 3. The molecule has 2 amide bonds. The Balaban J connectivity index is 1.62. The van der Waals surface area contributed by atoms with E-state index in [0.717, 1.165) is 5.56 Å². The third-order valence-corrected chi connectivity index (χ3v) is 4.18. The molecule has 0 saturated carbocycles. The van der Waals surface area contributed by atoms with Crippen LogP contribution in [0, 0.1) is 0 Å². The van der Waals surface area contributed by atoms with Crippen LogP contribution < -0.4 is 0 Å². The van der Waals surface area contributed by atoms with Crippen LogP contribution >= 0.6 is 0 Å². The van der Waals surface area contributed by atoms with E-state index in [0.29, 0.717) is 11.3 Å². The summed E-state index contributed by atoms with van der Waals surface area (Å²) in [5.41, 5.74) is 2.06. The van der Waals surface area contributed by atoms with Gasteiger partial charge in [-0.3, -0.25) is 9.94 Å². The highest BCUT2D eigenvalue weighted by atomic mass is 16.7. The summed E-state index contributed by atoms with van der Waals surface area (Å²) in [6.45, 7) is 0.513. The first-order chi connectivity index (χ1) is 11.2. The summed E-state index contributed by atoms with van der Waals surface area (Å²) in [6.07, 6.45) is 1.56. The van der Waals surface area contributed by atoms with Crippen molar-refractivity contribution in [2.24, 2.45) is 0 Å². The number of benzene rings is 1. The minimum absolute atomic E-state index is 0.238. The molecule has 0 aliphatic carbocycles. The normalized spacial score (nSPS) is 22.3. The van der Waals surface area contributed by atoms with E-state index >= 15 is 0 Å². The molecule has 2 atom stereocenters. The number of nitrogens with one attached hydrogen (secondary N) is 1. The van der Waals surface area contributed by atoms with Gasteiger partial charge in [-0.05, 0) is 5.56 Å². The van der Waals surface area contributed by atoms with Gasteiger partial charge in [0.25, 0.3) is 0 Å². The molecule has 0 unspecified atom stereocenters. The van der Waals surface area contributed by atoms with Crippen molar-refractivity contribution in [2.45, 2.75) is 18.7 Å². The van der Waals surface area contributed by atoms with Crippen LogP contribution in [0.3, 0.4) is 0 Å². The zero-order chi connectivity index (χ0) is 16.0. The van der Waals surface area contributed by atoms with E-state index in [1.807, 2.05) is 30.3 Å². The number of carbonyl (C=O) groups is 2. The van der Waals surface area contributed by atoms with Crippen molar-refractivity contribution in [3.8, 4) is 0 Å².